The van der Waals surface area contributed by atoms with E-state index in [1.165, 1.54) is 11.3 Å². The van der Waals surface area contributed by atoms with Crippen molar-refractivity contribution in [3.05, 3.63) is 102 Å². The molecule has 0 aliphatic rings. The zero-order valence-electron chi connectivity index (χ0n) is 15.9. The number of carbonyl (C=O) groups excluding carboxylic acids is 2. The van der Waals surface area contributed by atoms with Crippen LogP contribution in [0, 0.1) is 0 Å². The van der Waals surface area contributed by atoms with E-state index in [0.717, 1.165) is 10.4 Å². The lowest BCUT2D eigenvalue weighted by molar-refractivity contribution is 0.100. The maximum atomic E-state index is 12.8. The molecule has 0 fully saturated rings. The first kappa shape index (κ1) is 19.4. The van der Waals surface area contributed by atoms with Gasteiger partial charge in [-0.1, -0.05) is 54.6 Å². The molecule has 0 bridgehead atoms. The van der Waals surface area contributed by atoms with Crippen molar-refractivity contribution in [3.63, 3.8) is 0 Å². The van der Waals surface area contributed by atoms with Gasteiger partial charge in [-0.05, 0) is 42.0 Å². The van der Waals surface area contributed by atoms with Gasteiger partial charge >= 0.3 is 0 Å². The number of ether oxygens (including phenoxy) is 1. The maximum absolute atomic E-state index is 12.8. The summed E-state index contributed by atoms with van der Waals surface area (Å²) < 4.78 is 5.79. The Balaban J connectivity index is 1.57. The summed E-state index contributed by atoms with van der Waals surface area (Å²) in [6, 6.07) is 27.5. The van der Waals surface area contributed by atoms with Gasteiger partial charge in [0, 0.05) is 10.4 Å². The highest BCUT2D eigenvalue weighted by Gasteiger charge is 2.18. The second kappa shape index (κ2) is 8.63. The lowest BCUT2D eigenvalue weighted by Crippen LogP contribution is -2.16. The predicted octanol–water partition coefficient (Wildman–Crippen LogP) is 5.56. The molecule has 0 aliphatic carbocycles. The zero-order chi connectivity index (χ0) is 20.9. The molecule has 148 valence electrons. The molecule has 1 aromatic heterocycles. The number of anilines is 1. The lowest BCUT2D eigenvalue weighted by atomic mass is 10.1. The number of benzene rings is 3. The van der Waals surface area contributed by atoms with Crippen LogP contribution in [0.3, 0.4) is 0 Å². The van der Waals surface area contributed by atoms with E-state index in [2.05, 4.69) is 5.32 Å². The lowest BCUT2D eigenvalue weighted by Gasteiger charge is -2.08. The van der Waals surface area contributed by atoms with Crippen LogP contribution in [0.2, 0.25) is 0 Å². The average Bonchev–Trinajstić information content (AvgIpc) is 3.19. The third kappa shape index (κ3) is 4.39. The number of nitrogens with one attached hydrogen (secondary N) is 1. The van der Waals surface area contributed by atoms with Gasteiger partial charge < -0.3 is 15.8 Å². The van der Waals surface area contributed by atoms with E-state index in [9.17, 15) is 9.59 Å². The van der Waals surface area contributed by atoms with Crippen LogP contribution in [0.1, 0.15) is 20.7 Å². The van der Waals surface area contributed by atoms with E-state index in [4.69, 9.17) is 10.5 Å². The monoisotopic (exact) mass is 414 g/mol. The third-order valence-electron chi connectivity index (χ3n) is 4.36. The SMILES string of the molecule is NC(=O)c1cc(-c2ccccc2)sc1NC(=O)c1cccc(Oc2ccccc2)c1. The molecule has 30 heavy (non-hydrogen) atoms. The van der Waals surface area contributed by atoms with Crippen molar-refractivity contribution in [2.75, 3.05) is 5.32 Å². The fraction of sp³-hybridized carbons (Fsp3) is 0. The van der Waals surface area contributed by atoms with E-state index < -0.39 is 5.91 Å². The number of nitrogens with two attached hydrogens (primary N) is 1. The van der Waals surface area contributed by atoms with Gasteiger partial charge in [0.2, 0.25) is 0 Å². The highest BCUT2D eigenvalue weighted by molar-refractivity contribution is 7.20. The van der Waals surface area contributed by atoms with Crippen molar-refractivity contribution in [3.8, 4) is 21.9 Å². The van der Waals surface area contributed by atoms with Crippen molar-refractivity contribution in [1.82, 2.24) is 0 Å². The van der Waals surface area contributed by atoms with Crippen molar-refractivity contribution < 1.29 is 14.3 Å². The van der Waals surface area contributed by atoms with Crippen LogP contribution in [0.4, 0.5) is 5.00 Å². The molecular formula is C24H18N2O3S. The fourth-order valence-electron chi connectivity index (χ4n) is 2.91. The van der Waals surface area contributed by atoms with E-state index in [1.54, 1.807) is 30.3 Å². The largest absolute Gasteiger partial charge is 0.457 e. The minimum absolute atomic E-state index is 0.281. The Morgan fingerprint density at radius 3 is 2.17 bits per heavy atom. The Kier molecular flexibility index (Phi) is 5.59. The summed E-state index contributed by atoms with van der Waals surface area (Å²) in [5.74, 6) is 0.277. The molecule has 1 heterocycles. The van der Waals surface area contributed by atoms with Crippen molar-refractivity contribution in [1.29, 1.82) is 0 Å². The van der Waals surface area contributed by atoms with Crippen LogP contribution in [0.5, 0.6) is 11.5 Å². The Bertz CT molecular complexity index is 1190. The van der Waals surface area contributed by atoms with Crippen LogP contribution in [-0.4, -0.2) is 11.8 Å². The number of para-hydroxylation sites is 1. The summed E-state index contributed by atoms with van der Waals surface area (Å²) in [5.41, 5.74) is 7.17. The van der Waals surface area contributed by atoms with Crippen molar-refractivity contribution >= 4 is 28.2 Å². The van der Waals surface area contributed by atoms with E-state index in [1.807, 2.05) is 60.7 Å². The number of hydrogen-bond acceptors (Lipinski definition) is 4. The van der Waals surface area contributed by atoms with Gasteiger partial charge in [0.15, 0.2) is 0 Å². The molecule has 3 N–H and O–H groups in total. The molecule has 4 rings (SSSR count). The molecule has 0 unspecified atom stereocenters. The average molecular weight is 414 g/mol. The quantitative estimate of drug-likeness (QED) is 0.433. The summed E-state index contributed by atoms with van der Waals surface area (Å²) in [5, 5.41) is 3.23. The third-order valence-corrected chi connectivity index (χ3v) is 5.46. The molecule has 3 aromatic carbocycles. The summed E-state index contributed by atoms with van der Waals surface area (Å²) in [4.78, 5) is 25.6. The summed E-state index contributed by atoms with van der Waals surface area (Å²) >= 11 is 1.31. The minimum Gasteiger partial charge on any atom is -0.457 e. The number of primary amides is 1. The van der Waals surface area contributed by atoms with Crippen molar-refractivity contribution in [2.24, 2.45) is 5.73 Å². The second-order valence-corrected chi connectivity index (χ2v) is 7.53. The standard InChI is InChI=1S/C24H18N2O3S/c25-22(27)20-15-21(16-8-3-1-4-9-16)30-24(20)26-23(28)17-10-7-13-19(14-17)29-18-11-5-2-6-12-18/h1-15H,(H2,25,27)(H,26,28). The van der Waals surface area contributed by atoms with Crippen LogP contribution < -0.4 is 15.8 Å². The summed E-state index contributed by atoms with van der Waals surface area (Å²) in [6.07, 6.45) is 0. The summed E-state index contributed by atoms with van der Waals surface area (Å²) in [6.45, 7) is 0. The van der Waals surface area contributed by atoms with Gasteiger partial charge in [-0.15, -0.1) is 11.3 Å². The molecule has 0 atom stereocenters. The van der Waals surface area contributed by atoms with Gasteiger partial charge in [0.05, 0.1) is 5.56 Å². The number of rotatable bonds is 6. The predicted molar refractivity (Wildman–Crippen MR) is 119 cm³/mol. The first-order valence-corrected chi connectivity index (χ1v) is 10.1. The first-order valence-electron chi connectivity index (χ1n) is 9.23. The van der Waals surface area contributed by atoms with E-state index in [-0.39, 0.29) is 11.5 Å². The minimum atomic E-state index is -0.593. The van der Waals surface area contributed by atoms with Crippen LogP contribution in [-0.2, 0) is 0 Å². The van der Waals surface area contributed by atoms with Gasteiger partial charge in [-0.25, -0.2) is 0 Å². The molecule has 4 aromatic rings. The topological polar surface area (TPSA) is 81.4 Å². The second-order valence-electron chi connectivity index (χ2n) is 6.48. The Morgan fingerprint density at radius 1 is 0.800 bits per heavy atom. The zero-order valence-corrected chi connectivity index (χ0v) is 16.7. The van der Waals surface area contributed by atoms with E-state index >= 15 is 0 Å². The number of carbonyl (C=O) groups is 2. The Labute approximate surface area is 177 Å². The van der Waals surface area contributed by atoms with Crippen molar-refractivity contribution in [2.45, 2.75) is 0 Å². The Hall–Kier alpha value is -3.90. The highest BCUT2D eigenvalue weighted by atomic mass is 32.1. The summed E-state index contributed by atoms with van der Waals surface area (Å²) in [7, 11) is 0. The highest BCUT2D eigenvalue weighted by Crippen LogP contribution is 2.35. The molecular weight excluding hydrogens is 396 g/mol. The van der Waals surface area contributed by atoms with Crippen LogP contribution >= 0.6 is 11.3 Å². The van der Waals surface area contributed by atoms with Crippen LogP contribution in [0.25, 0.3) is 10.4 Å². The van der Waals surface area contributed by atoms with E-state index in [0.29, 0.717) is 22.1 Å². The molecule has 0 radical (unpaired) electrons. The Morgan fingerprint density at radius 2 is 1.47 bits per heavy atom. The van der Waals surface area contributed by atoms with Gasteiger partial charge in [-0.3, -0.25) is 9.59 Å². The number of hydrogen-bond donors (Lipinski definition) is 2. The molecule has 0 spiro atoms. The fourth-order valence-corrected chi connectivity index (χ4v) is 3.98. The number of thiophene rings is 1. The molecule has 6 heteroatoms. The number of amides is 2. The smallest absolute Gasteiger partial charge is 0.256 e. The van der Waals surface area contributed by atoms with Gasteiger partial charge in [0.1, 0.15) is 16.5 Å². The molecule has 0 aliphatic heterocycles. The first-order chi connectivity index (χ1) is 14.6. The normalized spacial score (nSPS) is 10.4. The van der Waals surface area contributed by atoms with Gasteiger partial charge in [0.25, 0.3) is 11.8 Å². The molecule has 0 saturated carbocycles. The van der Waals surface area contributed by atoms with Crippen LogP contribution in [0.15, 0.2) is 91.0 Å². The molecule has 0 saturated heterocycles. The molecule has 5 nitrogen and oxygen atoms in total. The molecule has 2 amide bonds. The maximum Gasteiger partial charge on any atom is 0.256 e. The van der Waals surface area contributed by atoms with Gasteiger partial charge in [-0.2, -0.15) is 0 Å².